The Morgan fingerprint density at radius 1 is 1.10 bits per heavy atom. The van der Waals surface area contributed by atoms with Crippen molar-refractivity contribution in [1.29, 1.82) is 0 Å². The van der Waals surface area contributed by atoms with Gasteiger partial charge in [-0.3, -0.25) is 9.59 Å². The Morgan fingerprint density at radius 3 is 2.70 bits per heavy atom. The largest absolute Gasteiger partial charge is 0.355 e. The number of benzene rings is 2. The van der Waals surface area contributed by atoms with Crippen LogP contribution in [0.1, 0.15) is 55.5 Å². The molecule has 5 nitrogen and oxygen atoms in total. The number of para-hydroxylation sites is 1. The first-order valence-corrected chi connectivity index (χ1v) is 10.9. The summed E-state index contributed by atoms with van der Waals surface area (Å²) in [7, 11) is 0. The molecule has 1 amide bonds. The molecule has 2 N–H and O–H groups in total. The predicted octanol–water partition coefficient (Wildman–Crippen LogP) is 4.18. The third kappa shape index (κ3) is 4.45. The van der Waals surface area contributed by atoms with E-state index in [1.807, 2.05) is 18.2 Å². The molecule has 0 radical (unpaired) electrons. The quantitative estimate of drug-likeness (QED) is 0.648. The normalized spacial score (nSPS) is 15.8. The maximum absolute atomic E-state index is 12.6. The molecule has 0 spiro atoms. The highest BCUT2D eigenvalue weighted by Crippen LogP contribution is 2.39. The number of rotatable bonds is 6. The van der Waals surface area contributed by atoms with Crippen LogP contribution in [0.15, 0.2) is 53.3 Å². The van der Waals surface area contributed by atoms with Gasteiger partial charge in [-0.15, -0.1) is 0 Å². The molecule has 1 fully saturated rings. The van der Waals surface area contributed by atoms with Crippen LogP contribution in [0.3, 0.4) is 0 Å². The fourth-order valence-electron chi connectivity index (χ4n) is 4.61. The fourth-order valence-corrected chi connectivity index (χ4v) is 4.61. The van der Waals surface area contributed by atoms with Gasteiger partial charge in [0, 0.05) is 24.8 Å². The minimum absolute atomic E-state index is 0.00316. The van der Waals surface area contributed by atoms with Crippen molar-refractivity contribution < 1.29 is 4.79 Å². The molecule has 0 aliphatic heterocycles. The standard InChI is InChI=1S/C25H29N3O2/c1-18-8-7-9-19(16-18)25(14-5-2-6-15-25)17-26-23(29)13-12-22-27-21-11-4-3-10-20(21)24(30)28-22/h3-4,7-11,16H,2,5-6,12-15,17H2,1H3,(H,26,29)(H,27,28,30). The minimum atomic E-state index is -0.156. The third-order valence-corrected chi connectivity index (χ3v) is 6.32. The smallest absolute Gasteiger partial charge is 0.258 e. The molecule has 1 heterocycles. The number of fused-ring (bicyclic) bond motifs is 1. The molecule has 4 rings (SSSR count). The van der Waals surface area contributed by atoms with Gasteiger partial charge in [-0.2, -0.15) is 0 Å². The summed E-state index contributed by atoms with van der Waals surface area (Å²) >= 11 is 0. The molecule has 30 heavy (non-hydrogen) atoms. The number of nitrogens with zero attached hydrogens (tertiary/aromatic N) is 1. The van der Waals surface area contributed by atoms with Crippen LogP contribution < -0.4 is 10.9 Å². The van der Waals surface area contributed by atoms with Gasteiger partial charge in [0.2, 0.25) is 5.91 Å². The van der Waals surface area contributed by atoms with Crippen LogP contribution in [0.25, 0.3) is 10.9 Å². The van der Waals surface area contributed by atoms with Crippen molar-refractivity contribution in [3.63, 3.8) is 0 Å². The number of amides is 1. The zero-order valence-corrected chi connectivity index (χ0v) is 17.5. The summed E-state index contributed by atoms with van der Waals surface area (Å²) in [5, 5.41) is 3.75. The molecule has 2 aromatic carbocycles. The van der Waals surface area contributed by atoms with Crippen molar-refractivity contribution in [3.8, 4) is 0 Å². The van der Waals surface area contributed by atoms with Gasteiger partial charge in [-0.1, -0.05) is 61.2 Å². The Labute approximate surface area is 176 Å². The highest BCUT2D eigenvalue weighted by atomic mass is 16.1. The van der Waals surface area contributed by atoms with Crippen LogP contribution in [0.2, 0.25) is 0 Å². The molecule has 1 aromatic heterocycles. The zero-order valence-electron chi connectivity index (χ0n) is 17.5. The topological polar surface area (TPSA) is 74.8 Å². The van der Waals surface area contributed by atoms with E-state index in [2.05, 4.69) is 46.5 Å². The van der Waals surface area contributed by atoms with E-state index in [-0.39, 0.29) is 16.9 Å². The maximum Gasteiger partial charge on any atom is 0.258 e. The summed E-state index contributed by atoms with van der Waals surface area (Å²) in [5.74, 6) is 0.559. The van der Waals surface area contributed by atoms with Crippen molar-refractivity contribution in [2.75, 3.05) is 6.54 Å². The van der Waals surface area contributed by atoms with Gasteiger partial charge in [0.1, 0.15) is 5.82 Å². The summed E-state index contributed by atoms with van der Waals surface area (Å²) in [5.41, 5.74) is 3.13. The monoisotopic (exact) mass is 403 g/mol. The second kappa shape index (κ2) is 8.82. The molecule has 0 saturated heterocycles. The average Bonchev–Trinajstić information content (AvgIpc) is 2.77. The van der Waals surface area contributed by atoms with E-state index in [4.69, 9.17) is 0 Å². The maximum atomic E-state index is 12.6. The van der Waals surface area contributed by atoms with E-state index in [0.717, 1.165) is 12.8 Å². The number of carbonyl (C=O) groups excluding carboxylic acids is 1. The fraction of sp³-hybridized carbons (Fsp3) is 0.400. The molecule has 0 atom stereocenters. The lowest BCUT2D eigenvalue weighted by atomic mass is 9.69. The van der Waals surface area contributed by atoms with Gasteiger partial charge in [0.05, 0.1) is 10.9 Å². The number of aromatic nitrogens is 2. The lowest BCUT2D eigenvalue weighted by molar-refractivity contribution is -0.121. The summed E-state index contributed by atoms with van der Waals surface area (Å²) in [6, 6.07) is 16.0. The second-order valence-electron chi connectivity index (χ2n) is 8.52. The highest BCUT2D eigenvalue weighted by Gasteiger charge is 2.34. The van der Waals surface area contributed by atoms with E-state index < -0.39 is 0 Å². The van der Waals surface area contributed by atoms with E-state index in [1.165, 1.54) is 30.4 Å². The van der Waals surface area contributed by atoms with Crippen molar-refractivity contribution >= 4 is 16.8 Å². The summed E-state index contributed by atoms with van der Waals surface area (Å²) in [6.45, 7) is 2.78. The van der Waals surface area contributed by atoms with Crippen molar-refractivity contribution in [3.05, 3.63) is 75.8 Å². The van der Waals surface area contributed by atoms with Crippen LogP contribution in [-0.4, -0.2) is 22.4 Å². The Morgan fingerprint density at radius 2 is 1.90 bits per heavy atom. The van der Waals surface area contributed by atoms with Crippen molar-refractivity contribution in [2.45, 2.75) is 57.3 Å². The number of nitrogens with one attached hydrogen (secondary N) is 2. The number of hydrogen-bond donors (Lipinski definition) is 2. The van der Waals surface area contributed by atoms with Crippen molar-refractivity contribution in [2.24, 2.45) is 0 Å². The average molecular weight is 404 g/mol. The summed E-state index contributed by atoms with van der Waals surface area (Å²) in [6.07, 6.45) is 6.61. The van der Waals surface area contributed by atoms with Gasteiger partial charge in [-0.05, 0) is 37.5 Å². The van der Waals surface area contributed by atoms with Gasteiger partial charge < -0.3 is 10.3 Å². The van der Waals surface area contributed by atoms with E-state index >= 15 is 0 Å². The Balaban J connectivity index is 1.41. The number of H-pyrrole nitrogens is 1. The summed E-state index contributed by atoms with van der Waals surface area (Å²) < 4.78 is 0. The highest BCUT2D eigenvalue weighted by molar-refractivity contribution is 5.78. The van der Waals surface area contributed by atoms with Crippen LogP contribution in [0, 0.1) is 6.92 Å². The zero-order chi connectivity index (χ0) is 21.0. The van der Waals surface area contributed by atoms with E-state index in [9.17, 15) is 9.59 Å². The molecule has 156 valence electrons. The molecule has 1 saturated carbocycles. The lowest BCUT2D eigenvalue weighted by Crippen LogP contribution is -2.42. The lowest BCUT2D eigenvalue weighted by Gasteiger charge is -2.38. The minimum Gasteiger partial charge on any atom is -0.355 e. The van der Waals surface area contributed by atoms with Crippen LogP contribution >= 0.6 is 0 Å². The first-order valence-electron chi connectivity index (χ1n) is 10.9. The van der Waals surface area contributed by atoms with E-state index in [1.54, 1.807) is 6.07 Å². The summed E-state index contributed by atoms with van der Waals surface area (Å²) in [4.78, 5) is 32.1. The molecule has 0 bridgehead atoms. The SMILES string of the molecule is Cc1cccc(C2(CNC(=O)CCc3nc4ccccc4c(=O)[nH]3)CCCCC2)c1. The molecular formula is C25H29N3O2. The van der Waals surface area contributed by atoms with Crippen LogP contribution in [0.5, 0.6) is 0 Å². The Hall–Kier alpha value is -2.95. The van der Waals surface area contributed by atoms with E-state index in [0.29, 0.717) is 36.1 Å². The third-order valence-electron chi connectivity index (χ3n) is 6.32. The van der Waals surface area contributed by atoms with Crippen molar-refractivity contribution in [1.82, 2.24) is 15.3 Å². The van der Waals surface area contributed by atoms with Crippen LogP contribution in [-0.2, 0) is 16.6 Å². The second-order valence-corrected chi connectivity index (χ2v) is 8.52. The first kappa shape index (κ1) is 20.3. The predicted molar refractivity (Wildman–Crippen MR) is 120 cm³/mol. The Bertz CT molecular complexity index is 1100. The number of carbonyl (C=O) groups is 1. The number of aryl methyl sites for hydroxylation is 2. The van der Waals surface area contributed by atoms with Crippen LogP contribution in [0.4, 0.5) is 0 Å². The Kier molecular flexibility index (Phi) is 5.98. The molecule has 5 heteroatoms. The first-order chi connectivity index (χ1) is 14.6. The molecule has 1 aliphatic rings. The molecule has 1 aliphatic carbocycles. The molecule has 0 unspecified atom stereocenters. The number of hydrogen-bond acceptors (Lipinski definition) is 3. The molecular weight excluding hydrogens is 374 g/mol. The number of aromatic amines is 1. The van der Waals surface area contributed by atoms with Gasteiger partial charge >= 0.3 is 0 Å². The van der Waals surface area contributed by atoms with Gasteiger partial charge in [-0.25, -0.2) is 4.98 Å². The molecule has 3 aromatic rings. The van der Waals surface area contributed by atoms with Gasteiger partial charge in [0.15, 0.2) is 0 Å². The van der Waals surface area contributed by atoms with Gasteiger partial charge in [0.25, 0.3) is 5.56 Å².